The van der Waals surface area contributed by atoms with Crippen LogP contribution < -0.4 is 4.74 Å². The maximum atomic E-state index is 11.4. The third-order valence-corrected chi connectivity index (χ3v) is 4.10. The fraction of sp³-hybridized carbons (Fsp3) is 0.0667. The molecule has 0 saturated carbocycles. The van der Waals surface area contributed by atoms with Crippen LogP contribution in [0.25, 0.3) is 0 Å². The monoisotopic (exact) mass is 340 g/mol. The van der Waals surface area contributed by atoms with Gasteiger partial charge in [-0.25, -0.2) is 8.42 Å². The molecule has 0 radical (unpaired) electrons. The molecule has 0 bridgehead atoms. The topological polar surface area (TPSA) is 43.4 Å². The normalized spacial score (nSPS) is 10.6. The average molecular weight is 341 g/mol. The van der Waals surface area contributed by atoms with Crippen molar-refractivity contribution in [2.24, 2.45) is 0 Å². The van der Waals surface area contributed by atoms with E-state index in [9.17, 15) is 8.42 Å². The van der Waals surface area contributed by atoms with E-state index in [2.05, 4.69) is 11.8 Å². The van der Waals surface area contributed by atoms with Crippen molar-refractivity contribution in [1.29, 1.82) is 0 Å². The van der Waals surface area contributed by atoms with Crippen molar-refractivity contribution in [2.75, 3.05) is 6.61 Å². The molecule has 2 aromatic rings. The molecule has 0 saturated heterocycles. The lowest BCUT2D eigenvalue weighted by molar-refractivity contribution is 0.360. The number of ether oxygens (including phenoxy) is 1. The molecule has 2 rings (SSSR count). The Labute approximate surface area is 132 Å². The summed E-state index contributed by atoms with van der Waals surface area (Å²) < 4.78 is 28.1. The lowest BCUT2D eigenvalue weighted by Gasteiger charge is -2.05. The van der Waals surface area contributed by atoms with Crippen LogP contribution in [0.15, 0.2) is 53.4 Å². The molecule has 0 aromatic heterocycles. The zero-order valence-electron chi connectivity index (χ0n) is 10.7. The molecule has 0 amide bonds. The van der Waals surface area contributed by atoms with Crippen molar-refractivity contribution in [3.05, 3.63) is 59.1 Å². The van der Waals surface area contributed by atoms with Gasteiger partial charge in [-0.05, 0) is 36.4 Å². The van der Waals surface area contributed by atoms with Crippen molar-refractivity contribution < 1.29 is 13.2 Å². The Morgan fingerprint density at radius 3 is 2.38 bits per heavy atom. The number of para-hydroxylation sites is 1. The first-order valence-corrected chi connectivity index (χ1v) is 8.56. The second-order valence-corrected chi connectivity index (χ2v) is 6.95. The second kappa shape index (κ2) is 6.86. The van der Waals surface area contributed by atoms with Crippen LogP contribution in [0, 0.1) is 11.8 Å². The summed E-state index contributed by atoms with van der Waals surface area (Å²) in [5.41, 5.74) is 0.793. The number of halogens is 2. The van der Waals surface area contributed by atoms with Crippen LogP contribution in [0.3, 0.4) is 0 Å². The molecule has 0 unspecified atom stereocenters. The van der Waals surface area contributed by atoms with Crippen molar-refractivity contribution in [1.82, 2.24) is 0 Å². The molecule has 0 aliphatic heterocycles. The molecule has 0 fully saturated rings. The van der Waals surface area contributed by atoms with Gasteiger partial charge in [0, 0.05) is 21.3 Å². The van der Waals surface area contributed by atoms with E-state index in [1.807, 2.05) is 0 Å². The van der Waals surface area contributed by atoms with Gasteiger partial charge in [0.25, 0.3) is 9.05 Å². The second-order valence-electron chi connectivity index (χ2n) is 3.98. The van der Waals surface area contributed by atoms with E-state index in [-0.39, 0.29) is 17.3 Å². The van der Waals surface area contributed by atoms with Gasteiger partial charge in [0.05, 0.1) is 0 Å². The molecule has 0 heterocycles. The molecular formula is C15H10Cl2O3S. The van der Waals surface area contributed by atoms with Crippen LogP contribution in [0.4, 0.5) is 0 Å². The minimum absolute atomic E-state index is 0.0477. The fourth-order valence-electron chi connectivity index (χ4n) is 1.56. The van der Waals surface area contributed by atoms with Gasteiger partial charge in [-0.3, -0.25) is 0 Å². The maximum absolute atomic E-state index is 11.4. The molecule has 0 spiro atoms. The van der Waals surface area contributed by atoms with Gasteiger partial charge >= 0.3 is 0 Å². The van der Waals surface area contributed by atoms with Gasteiger partial charge in [0.1, 0.15) is 17.3 Å². The zero-order chi connectivity index (χ0) is 15.3. The standard InChI is InChI=1S/C15H10Cl2O3S/c16-13-9-7-12(8-10-13)4-3-11-20-14-5-1-2-6-15(14)21(17,18)19/h1-2,5-10H,11H2. The Hall–Kier alpha value is -1.67. The SMILES string of the molecule is O=S(=O)(Cl)c1ccccc1OCC#Cc1ccc(Cl)cc1. The van der Waals surface area contributed by atoms with E-state index in [0.717, 1.165) is 5.56 Å². The Morgan fingerprint density at radius 1 is 1.05 bits per heavy atom. The van der Waals surface area contributed by atoms with E-state index < -0.39 is 9.05 Å². The summed E-state index contributed by atoms with van der Waals surface area (Å²) in [4.78, 5) is -0.0695. The molecule has 2 aromatic carbocycles. The molecule has 108 valence electrons. The van der Waals surface area contributed by atoms with Gasteiger partial charge in [-0.15, -0.1) is 0 Å². The predicted molar refractivity (Wildman–Crippen MR) is 83.3 cm³/mol. The van der Waals surface area contributed by atoms with Crippen molar-refractivity contribution in [2.45, 2.75) is 4.90 Å². The van der Waals surface area contributed by atoms with Crippen molar-refractivity contribution >= 4 is 31.3 Å². The molecule has 0 N–H and O–H groups in total. The third-order valence-electron chi connectivity index (χ3n) is 2.49. The molecule has 21 heavy (non-hydrogen) atoms. The molecule has 0 aliphatic rings. The van der Waals surface area contributed by atoms with Crippen LogP contribution >= 0.6 is 22.3 Å². The van der Waals surface area contributed by atoms with Crippen LogP contribution in [0.1, 0.15) is 5.56 Å². The van der Waals surface area contributed by atoms with Crippen molar-refractivity contribution in [3.8, 4) is 17.6 Å². The molecule has 3 nitrogen and oxygen atoms in total. The summed E-state index contributed by atoms with van der Waals surface area (Å²) in [5, 5.41) is 0.637. The van der Waals surface area contributed by atoms with Gasteiger partial charge in [0.2, 0.25) is 0 Å². The minimum Gasteiger partial charge on any atom is -0.480 e. The fourth-order valence-corrected chi connectivity index (χ4v) is 2.67. The van der Waals surface area contributed by atoms with Crippen LogP contribution in [0.5, 0.6) is 5.75 Å². The quantitative estimate of drug-likeness (QED) is 0.632. The highest BCUT2D eigenvalue weighted by atomic mass is 35.7. The summed E-state index contributed by atoms with van der Waals surface area (Å²) in [5.74, 6) is 5.86. The van der Waals surface area contributed by atoms with E-state index in [1.54, 1.807) is 36.4 Å². The summed E-state index contributed by atoms with van der Waals surface area (Å²) in [6, 6.07) is 13.2. The molecule has 0 atom stereocenters. The van der Waals surface area contributed by atoms with E-state index in [4.69, 9.17) is 27.0 Å². The van der Waals surface area contributed by atoms with Gasteiger partial charge in [0.15, 0.2) is 0 Å². The zero-order valence-corrected chi connectivity index (χ0v) is 13.0. The predicted octanol–water partition coefficient (Wildman–Crippen LogP) is 3.70. The largest absolute Gasteiger partial charge is 0.480 e. The summed E-state index contributed by atoms with van der Waals surface area (Å²) >= 11 is 5.77. The highest BCUT2D eigenvalue weighted by Crippen LogP contribution is 2.26. The highest BCUT2D eigenvalue weighted by Gasteiger charge is 2.15. The van der Waals surface area contributed by atoms with Gasteiger partial charge < -0.3 is 4.74 Å². The van der Waals surface area contributed by atoms with Crippen LogP contribution in [-0.4, -0.2) is 15.0 Å². The Balaban J connectivity index is 2.07. The van der Waals surface area contributed by atoms with Crippen LogP contribution in [-0.2, 0) is 9.05 Å². The number of hydrogen-bond donors (Lipinski definition) is 0. The first-order chi connectivity index (χ1) is 9.97. The Kier molecular flexibility index (Phi) is 5.13. The first-order valence-electron chi connectivity index (χ1n) is 5.88. The lowest BCUT2D eigenvalue weighted by atomic mass is 10.2. The van der Waals surface area contributed by atoms with E-state index in [1.165, 1.54) is 12.1 Å². The summed E-state index contributed by atoms with van der Waals surface area (Å²) in [6.45, 7) is 0.0477. The molecular weight excluding hydrogens is 331 g/mol. The smallest absolute Gasteiger partial charge is 0.264 e. The van der Waals surface area contributed by atoms with Gasteiger partial charge in [-0.2, -0.15) is 0 Å². The minimum atomic E-state index is -3.84. The third kappa shape index (κ3) is 4.68. The number of benzene rings is 2. The van der Waals surface area contributed by atoms with Gasteiger partial charge in [-0.1, -0.05) is 35.6 Å². The van der Waals surface area contributed by atoms with Crippen LogP contribution in [0.2, 0.25) is 5.02 Å². The average Bonchev–Trinajstić information content (AvgIpc) is 2.45. The first kappa shape index (κ1) is 15.7. The number of hydrogen-bond acceptors (Lipinski definition) is 3. The lowest BCUT2D eigenvalue weighted by Crippen LogP contribution is -2.00. The summed E-state index contributed by atoms with van der Waals surface area (Å²) in [7, 11) is 1.49. The number of rotatable bonds is 3. The Morgan fingerprint density at radius 2 is 1.71 bits per heavy atom. The summed E-state index contributed by atoms with van der Waals surface area (Å²) in [6.07, 6.45) is 0. The molecule has 0 aliphatic carbocycles. The van der Waals surface area contributed by atoms with Crippen molar-refractivity contribution in [3.63, 3.8) is 0 Å². The Bertz CT molecular complexity index is 788. The molecule has 6 heteroatoms. The highest BCUT2D eigenvalue weighted by molar-refractivity contribution is 8.13. The van der Waals surface area contributed by atoms with E-state index >= 15 is 0 Å². The van der Waals surface area contributed by atoms with E-state index in [0.29, 0.717) is 5.02 Å². The maximum Gasteiger partial charge on any atom is 0.264 e.